The van der Waals surface area contributed by atoms with Crippen LogP contribution in [0.2, 0.25) is 0 Å². The van der Waals surface area contributed by atoms with Gasteiger partial charge in [0.1, 0.15) is 5.65 Å². The Morgan fingerprint density at radius 3 is 2.83 bits per heavy atom. The average Bonchev–Trinajstić information content (AvgIpc) is 2.97. The number of rotatable bonds is 3. The standard InChI is InChI=1S/C19H22N4O/c1-14-2-3-18-21-17(13-23(18)11-14)12-22-8-5-15(6-9-22)16-4-7-20-19(24)10-16/h2-4,7,10-11,13,15H,5-6,8-9,12H2,1H3,(H,20,24). The summed E-state index contributed by atoms with van der Waals surface area (Å²) in [5, 5.41) is 0. The largest absolute Gasteiger partial charge is 0.329 e. The fourth-order valence-corrected chi connectivity index (χ4v) is 3.60. The number of hydrogen-bond acceptors (Lipinski definition) is 3. The zero-order valence-corrected chi connectivity index (χ0v) is 13.9. The maximum Gasteiger partial charge on any atom is 0.248 e. The number of fused-ring (bicyclic) bond motifs is 1. The van der Waals surface area contributed by atoms with Gasteiger partial charge in [0.25, 0.3) is 0 Å². The van der Waals surface area contributed by atoms with Gasteiger partial charge in [-0.25, -0.2) is 4.98 Å². The molecule has 1 aliphatic rings. The summed E-state index contributed by atoms with van der Waals surface area (Å²) in [5.74, 6) is 0.493. The zero-order valence-electron chi connectivity index (χ0n) is 13.9. The number of aromatic nitrogens is 3. The van der Waals surface area contributed by atoms with E-state index in [0.717, 1.165) is 43.8 Å². The predicted molar refractivity (Wildman–Crippen MR) is 94.2 cm³/mol. The molecule has 0 spiro atoms. The molecular formula is C19H22N4O. The summed E-state index contributed by atoms with van der Waals surface area (Å²) in [4.78, 5) is 21.3. The van der Waals surface area contributed by atoms with Crippen molar-refractivity contribution in [2.24, 2.45) is 0 Å². The second kappa shape index (κ2) is 6.24. The second-order valence-electron chi connectivity index (χ2n) is 6.74. The van der Waals surface area contributed by atoms with E-state index in [0.29, 0.717) is 5.92 Å². The van der Waals surface area contributed by atoms with E-state index >= 15 is 0 Å². The van der Waals surface area contributed by atoms with E-state index in [1.807, 2.05) is 6.07 Å². The van der Waals surface area contributed by atoms with Gasteiger partial charge >= 0.3 is 0 Å². The molecule has 124 valence electrons. The highest BCUT2D eigenvalue weighted by Gasteiger charge is 2.21. The smallest absolute Gasteiger partial charge is 0.248 e. The van der Waals surface area contributed by atoms with Crippen LogP contribution in [-0.4, -0.2) is 32.4 Å². The van der Waals surface area contributed by atoms with Gasteiger partial charge in [0.2, 0.25) is 5.56 Å². The van der Waals surface area contributed by atoms with Crippen LogP contribution in [0.5, 0.6) is 0 Å². The van der Waals surface area contributed by atoms with Crippen LogP contribution in [0.15, 0.2) is 47.7 Å². The number of aryl methyl sites for hydroxylation is 1. The first-order valence-electron chi connectivity index (χ1n) is 8.52. The van der Waals surface area contributed by atoms with Crippen LogP contribution in [0.25, 0.3) is 5.65 Å². The minimum absolute atomic E-state index is 0.00470. The number of piperidine rings is 1. The number of likely N-dealkylation sites (tertiary alicyclic amines) is 1. The number of aromatic amines is 1. The van der Waals surface area contributed by atoms with Crippen molar-refractivity contribution in [1.82, 2.24) is 19.3 Å². The van der Waals surface area contributed by atoms with Crippen molar-refractivity contribution in [3.8, 4) is 0 Å². The van der Waals surface area contributed by atoms with Gasteiger partial charge in [0.05, 0.1) is 5.69 Å². The zero-order chi connectivity index (χ0) is 16.5. The number of hydrogen-bond donors (Lipinski definition) is 1. The van der Waals surface area contributed by atoms with Crippen molar-refractivity contribution in [1.29, 1.82) is 0 Å². The summed E-state index contributed by atoms with van der Waals surface area (Å²) in [6, 6.07) is 7.94. The van der Waals surface area contributed by atoms with Gasteiger partial charge < -0.3 is 9.38 Å². The van der Waals surface area contributed by atoms with Crippen molar-refractivity contribution in [3.05, 3.63) is 70.0 Å². The molecule has 0 unspecified atom stereocenters. The Labute approximate surface area is 141 Å². The van der Waals surface area contributed by atoms with E-state index < -0.39 is 0 Å². The number of imidazole rings is 1. The van der Waals surface area contributed by atoms with Gasteiger partial charge in [0.15, 0.2) is 0 Å². The fourth-order valence-electron chi connectivity index (χ4n) is 3.60. The van der Waals surface area contributed by atoms with Gasteiger partial charge in [-0.2, -0.15) is 0 Å². The summed E-state index contributed by atoms with van der Waals surface area (Å²) >= 11 is 0. The summed E-state index contributed by atoms with van der Waals surface area (Å²) in [6.45, 7) is 5.08. The third kappa shape index (κ3) is 3.12. The van der Waals surface area contributed by atoms with Crippen molar-refractivity contribution in [3.63, 3.8) is 0 Å². The average molecular weight is 322 g/mol. The third-order valence-electron chi connectivity index (χ3n) is 4.89. The molecule has 1 saturated heterocycles. The minimum Gasteiger partial charge on any atom is -0.329 e. The van der Waals surface area contributed by atoms with E-state index in [1.54, 1.807) is 12.3 Å². The highest BCUT2D eigenvalue weighted by molar-refractivity contribution is 5.41. The first-order chi connectivity index (χ1) is 11.7. The molecule has 0 bridgehead atoms. The highest BCUT2D eigenvalue weighted by atomic mass is 16.1. The van der Waals surface area contributed by atoms with Crippen LogP contribution in [0.4, 0.5) is 0 Å². The number of nitrogens with zero attached hydrogens (tertiary/aromatic N) is 3. The van der Waals surface area contributed by atoms with E-state index in [4.69, 9.17) is 4.98 Å². The lowest BCUT2D eigenvalue weighted by atomic mass is 9.90. The Hall–Kier alpha value is -2.40. The van der Waals surface area contributed by atoms with E-state index in [2.05, 4.69) is 45.7 Å². The molecule has 0 saturated carbocycles. The normalized spacial score (nSPS) is 16.7. The molecule has 0 amide bonds. The molecule has 3 aromatic rings. The van der Waals surface area contributed by atoms with Gasteiger partial charge in [-0.05, 0) is 62.0 Å². The van der Waals surface area contributed by atoms with Crippen molar-refractivity contribution >= 4 is 5.65 Å². The van der Waals surface area contributed by atoms with Gasteiger partial charge in [0, 0.05) is 31.2 Å². The molecule has 1 fully saturated rings. The minimum atomic E-state index is -0.00470. The van der Waals surface area contributed by atoms with Gasteiger partial charge in [-0.1, -0.05) is 6.07 Å². The van der Waals surface area contributed by atoms with Crippen LogP contribution < -0.4 is 5.56 Å². The lowest BCUT2D eigenvalue weighted by Gasteiger charge is -2.31. The van der Waals surface area contributed by atoms with Gasteiger partial charge in [-0.15, -0.1) is 0 Å². The van der Waals surface area contributed by atoms with Crippen LogP contribution in [0, 0.1) is 6.92 Å². The number of nitrogens with one attached hydrogen (secondary N) is 1. The lowest BCUT2D eigenvalue weighted by Crippen LogP contribution is -2.32. The molecule has 1 aliphatic heterocycles. The maximum absolute atomic E-state index is 11.5. The maximum atomic E-state index is 11.5. The third-order valence-corrected chi connectivity index (χ3v) is 4.89. The molecule has 0 atom stereocenters. The van der Waals surface area contributed by atoms with Gasteiger partial charge in [-0.3, -0.25) is 9.69 Å². The Morgan fingerprint density at radius 1 is 1.21 bits per heavy atom. The van der Waals surface area contributed by atoms with Crippen molar-refractivity contribution in [2.75, 3.05) is 13.1 Å². The van der Waals surface area contributed by atoms with E-state index in [9.17, 15) is 4.79 Å². The molecule has 0 aliphatic carbocycles. The van der Waals surface area contributed by atoms with Crippen LogP contribution in [0.1, 0.15) is 35.6 Å². The van der Waals surface area contributed by atoms with E-state index in [-0.39, 0.29) is 5.56 Å². The molecule has 4 heterocycles. The summed E-state index contributed by atoms with van der Waals surface area (Å²) in [6.07, 6.45) is 8.19. The van der Waals surface area contributed by atoms with E-state index in [1.165, 1.54) is 11.1 Å². The van der Waals surface area contributed by atoms with Crippen molar-refractivity contribution < 1.29 is 0 Å². The predicted octanol–water partition coefficient (Wildman–Crippen LogP) is 2.71. The number of H-pyrrole nitrogens is 1. The highest BCUT2D eigenvalue weighted by Crippen LogP contribution is 2.27. The Kier molecular flexibility index (Phi) is 3.94. The van der Waals surface area contributed by atoms with Crippen LogP contribution in [-0.2, 0) is 6.54 Å². The molecule has 5 heteroatoms. The van der Waals surface area contributed by atoms with Crippen LogP contribution in [0.3, 0.4) is 0 Å². The molecule has 0 radical (unpaired) electrons. The molecule has 3 aromatic heterocycles. The molecule has 5 nitrogen and oxygen atoms in total. The second-order valence-corrected chi connectivity index (χ2v) is 6.74. The Bertz CT molecular complexity index is 903. The summed E-state index contributed by atoms with van der Waals surface area (Å²) in [7, 11) is 0. The Morgan fingerprint density at radius 2 is 2.04 bits per heavy atom. The first-order valence-corrected chi connectivity index (χ1v) is 8.52. The first kappa shape index (κ1) is 15.1. The lowest BCUT2D eigenvalue weighted by molar-refractivity contribution is 0.203. The molecule has 4 rings (SSSR count). The molecular weight excluding hydrogens is 300 g/mol. The quantitative estimate of drug-likeness (QED) is 0.807. The van der Waals surface area contributed by atoms with Crippen LogP contribution >= 0.6 is 0 Å². The molecule has 24 heavy (non-hydrogen) atoms. The fraction of sp³-hybridized carbons (Fsp3) is 0.368. The Balaban J connectivity index is 1.41. The number of pyridine rings is 2. The SMILES string of the molecule is Cc1ccc2nc(CN3CCC(c4cc[nH]c(=O)c4)CC3)cn2c1. The monoisotopic (exact) mass is 322 g/mol. The molecule has 0 aromatic carbocycles. The summed E-state index contributed by atoms with van der Waals surface area (Å²) < 4.78 is 2.10. The van der Waals surface area contributed by atoms with Crippen molar-refractivity contribution in [2.45, 2.75) is 32.2 Å². The molecule has 1 N–H and O–H groups in total. The summed E-state index contributed by atoms with van der Waals surface area (Å²) in [5.41, 5.74) is 4.53. The topological polar surface area (TPSA) is 53.4 Å².